The minimum Gasteiger partial charge on any atom is -0.321 e. The number of aryl methyl sites for hydroxylation is 1. The maximum atomic E-state index is 13.3. The highest BCUT2D eigenvalue weighted by atomic mass is 19.3. The molecule has 1 N–H and O–H groups in total. The number of carbonyl (C=O) groups is 1. The van der Waals surface area contributed by atoms with E-state index in [-0.39, 0.29) is 24.7 Å². The number of fused-ring (bicyclic) bond motifs is 1. The molecule has 138 valence electrons. The molecule has 1 fully saturated rings. The number of pyridine rings is 1. The summed E-state index contributed by atoms with van der Waals surface area (Å²) in [7, 11) is 0. The van der Waals surface area contributed by atoms with Gasteiger partial charge in [-0.15, -0.1) is 0 Å². The van der Waals surface area contributed by atoms with Gasteiger partial charge in [-0.3, -0.25) is 4.79 Å². The maximum Gasteiger partial charge on any atom is 0.248 e. The molecule has 0 unspecified atom stereocenters. The number of nitrogens with one attached hydrogen (secondary N) is 1. The third-order valence-corrected chi connectivity index (χ3v) is 4.66. The number of rotatable bonds is 5. The molecular formula is C19H22F2N4O. The second-order valence-electron chi connectivity index (χ2n) is 6.54. The SMILES string of the molecule is C=CC(=O)Nc1cnc2c(c1)c(/C=C/C1CCC(F)(F)CC1)nn2CC. The van der Waals surface area contributed by atoms with Crippen LogP contribution in [0.4, 0.5) is 14.5 Å². The first-order valence-corrected chi connectivity index (χ1v) is 8.78. The van der Waals surface area contributed by atoms with Crippen LogP contribution in [0.3, 0.4) is 0 Å². The first-order chi connectivity index (χ1) is 12.4. The van der Waals surface area contributed by atoms with Gasteiger partial charge in [0.25, 0.3) is 0 Å². The zero-order valence-corrected chi connectivity index (χ0v) is 14.7. The summed E-state index contributed by atoms with van der Waals surface area (Å²) in [6, 6.07) is 1.82. The van der Waals surface area contributed by atoms with E-state index in [0.29, 0.717) is 25.1 Å². The van der Waals surface area contributed by atoms with Gasteiger partial charge in [-0.1, -0.05) is 12.7 Å². The van der Waals surface area contributed by atoms with Crippen LogP contribution in [-0.2, 0) is 11.3 Å². The fraction of sp³-hybridized carbons (Fsp3) is 0.421. The molecule has 7 heteroatoms. The molecule has 1 aliphatic carbocycles. The summed E-state index contributed by atoms with van der Waals surface area (Å²) in [5, 5.41) is 8.05. The van der Waals surface area contributed by atoms with Crippen LogP contribution in [0, 0.1) is 5.92 Å². The summed E-state index contributed by atoms with van der Waals surface area (Å²) >= 11 is 0. The Morgan fingerprint density at radius 1 is 1.46 bits per heavy atom. The lowest BCUT2D eigenvalue weighted by Gasteiger charge is -2.26. The number of halogens is 2. The fourth-order valence-electron chi connectivity index (χ4n) is 3.17. The van der Waals surface area contributed by atoms with Gasteiger partial charge in [0, 0.05) is 24.8 Å². The van der Waals surface area contributed by atoms with Crippen molar-refractivity contribution in [3.8, 4) is 0 Å². The van der Waals surface area contributed by atoms with Crippen molar-refractivity contribution in [3.63, 3.8) is 0 Å². The van der Waals surface area contributed by atoms with Crippen LogP contribution in [0.1, 0.15) is 38.3 Å². The van der Waals surface area contributed by atoms with E-state index in [4.69, 9.17) is 0 Å². The van der Waals surface area contributed by atoms with Crippen LogP contribution in [0.5, 0.6) is 0 Å². The summed E-state index contributed by atoms with van der Waals surface area (Å²) in [5.74, 6) is -2.70. The average Bonchev–Trinajstić information content (AvgIpc) is 2.98. The van der Waals surface area contributed by atoms with E-state index < -0.39 is 5.92 Å². The summed E-state index contributed by atoms with van der Waals surface area (Å²) in [6.07, 6.45) is 7.45. The summed E-state index contributed by atoms with van der Waals surface area (Å²) < 4.78 is 28.4. The second-order valence-corrected chi connectivity index (χ2v) is 6.54. The van der Waals surface area contributed by atoms with Crippen molar-refractivity contribution < 1.29 is 13.6 Å². The van der Waals surface area contributed by atoms with Crippen molar-refractivity contribution in [2.45, 2.75) is 45.1 Å². The van der Waals surface area contributed by atoms with Crippen LogP contribution >= 0.6 is 0 Å². The fourth-order valence-corrected chi connectivity index (χ4v) is 3.17. The Balaban J connectivity index is 1.86. The number of hydrogen-bond donors (Lipinski definition) is 1. The number of carbonyl (C=O) groups excluding carboxylic acids is 1. The van der Waals surface area contributed by atoms with Crippen molar-refractivity contribution in [1.82, 2.24) is 14.8 Å². The third-order valence-electron chi connectivity index (χ3n) is 4.66. The first kappa shape index (κ1) is 18.2. The minimum absolute atomic E-state index is 0.0640. The van der Waals surface area contributed by atoms with E-state index in [1.54, 1.807) is 10.9 Å². The van der Waals surface area contributed by atoms with Gasteiger partial charge in [0.1, 0.15) is 0 Å². The van der Waals surface area contributed by atoms with Crippen LogP contribution in [0.15, 0.2) is 31.0 Å². The number of hydrogen-bond acceptors (Lipinski definition) is 3. The standard InChI is InChI=1S/C19H22F2N4O/c1-3-17(26)23-14-11-15-16(24-25(4-2)18(15)22-12-14)6-5-13-7-9-19(20,21)10-8-13/h3,5-6,11-13H,1,4,7-10H2,2H3,(H,23,26)/b6-5+. The van der Waals surface area contributed by atoms with E-state index in [1.807, 2.05) is 25.1 Å². The van der Waals surface area contributed by atoms with E-state index in [1.165, 1.54) is 6.08 Å². The van der Waals surface area contributed by atoms with Crippen molar-refractivity contribution in [1.29, 1.82) is 0 Å². The lowest BCUT2D eigenvalue weighted by Crippen LogP contribution is -2.23. The maximum absolute atomic E-state index is 13.3. The molecule has 1 saturated carbocycles. The van der Waals surface area contributed by atoms with E-state index in [9.17, 15) is 13.6 Å². The molecule has 3 rings (SSSR count). The normalized spacial score (nSPS) is 17.7. The molecule has 0 bridgehead atoms. The Morgan fingerprint density at radius 2 is 2.19 bits per heavy atom. The van der Waals surface area contributed by atoms with Gasteiger partial charge in [-0.2, -0.15) is 5.10 Å². The molecule has 2 aromatic rings. The predicted octanol–water partition coefficient (Wildman–Crippen LogP) is 4.41. The Morgan fingerprint density at radius 3 is 2.85 bits per heavy atom. The number of aromatic nitrogens is 3. The van der Waals surface area contributed by atoms with Gasteiger partial charge in [-0.25, -0.2) is 18.4 Å². The molecule has 2 aromatic heterocycles. The molecule has 0 atom stereocenters. The third kappa shape index (κ3) is 3.98. The van der Waals surface area contributed by atoms with Crippen molar-refractivity contribution in [3.05, 3.63) is 36.7 Å². The molecule has 1 amide bonds. The molecule has 26 heavy (non-hydrogen) atoms. The van der Waals surface area contributed by atoms with Gasteiger partial charge < -0.3 is 5.32 Å². The van der Waals surface area contributed by atoms with Crippen LogP contribution in [0.2, 0.25) is 0 Å². The molecule has 5 nitrogen and oxygen atoms in total. The molecule has 2 heterocycles. The number of allylic oxidation sites excluding steroid dienone is 1. The van der Waals surface area contributed by atoms with E-state index in [2.05, 4.69) is 22.0 Å². The number of alkyl halides is 2. The Kier molecular flexibility index (Phi) is 5.15. The molecule has 0 spiro atoms. The van der Waals surface area contributed by atoms with Crippen molar-refractivity contribution in [2.24, 2.45) is 5.92 Å². The Labute approximate surface area is 150 Å². The van der Waals surface area contributed by atoms with Crippen LogP contribution in [-0.4, -0.2) is 26.6 Å². The smallest absolute Gasteiger partial charge is 0.248 e. The second kappa shape index (κ2) is 7.35. The number of nitrogens with zero attached hydrogens (tertiary/aromatic N) is 3. The van der Waals surface area contributed by atoms with Gasteiger partial charge in [0.15, 0.2) is 5.65 Å². The topological polar surface area (TPSA) is 59.8 Å². The Bertz CT molecular complexity index is 847. The summed E-state index contributed by atoms with van der Waals surface area (Å²) in [4.78, 5) is 15.9. The van der Waals surface area contributed by atoms with Gasteiger partial charge >= 0.3 is 0 Å². The lowest BCUT2D eigenvalue weighted by molar-refractivity contribution is -0.111. The zero-order valence-electron chi connectivity index (χ0n) is 14.7. The van der Waals surface area contributed by atoms with Crippen molar-refractivity contribution in [2.75, 3.05) is 5.32 Å². The molecule has 0 radical (unpaired) electrons. The highest BCUT2D eigenvalue weighted by Crippen LogP contribution is 2.37. The van der Waals surface area contributed by atoms with E-state index in [0.717, 1.165) is 16.7 Å². The Hall–Kier alpha value is -2.57. The largest absolute Gasteiger partial charge is 0.321 e. The quantitative estimate of drug-likeness (QED) is 0.803. The van der Waals surface area contributed by atoms with Gasteiger partial charge in [-0.05, 0) is 43.9 Å². The average molecular weight is 360 g/mol. The first-order valence-electron chi connectivity index (χ1n) is 8.78. The zero-order chi connectivity index (χ0) is 18.7. The lowest BCUT2D eigenvalue weighted by atomic mass is 9.86. The number of amides is 1. The highest BCUT2D eigenvalue weighted by Gasteiger charge is 2.33. The molecule has 0 aromatic carbocycles. The highest BCUT2D eigenvalue weighted by molar-refractivity contribution is 6.00. The molecule has 0 aliphatic heterocycles. The molecular weight excluding hydrogens is 338 g/mol. The summed E-state index contributed by atoms with van der Waals surface area (Å²) in [5.41, 5.74) is 2.00. The molecule has 0 saturated heterocycles. The molecule has 1 aliphatic rings. The van der Waals surface area contributed by atoms with Crippen LogP contribution in [0.25, 0.3) is 17.1 Å². The van der Waals surface area contributed by atoms with Crippen LogP contribution < -0.4 is 5.32 Å². The van der Waals surface area contributed by atoms with Crippen molar-refractivity contribution >= 4 is 28.7 Å². The summed E-state index contributed by atoms with van der Waals surface area (Å²) in [6.45, 7) is 6.06. The van der Waals surface area contributed by atoms with E-state index >= 15 is 0 Å². The van der Waals surface area contributed by atoms with Gasteiger partial charge in [0.05, 0.1) is 17.6 Å². The van der Waals surface area contributed by atoms with Gasteiger partial charge in [0.2, 0.25) is 11.8 Å². The number of anilines is 1. The predicted molar refractivity (Wildman–Crippen MR) is 98.0 cm³/mol. The monoisotopic (exact) mass is 360 g/mol. The minimum atomic E-state index is -2.52.